The Morgan fingerprint density at radius 2 is 1.57 bits per heavy atom. The number of thioether (sulfide) groups is 1. The van der Waals surface area contributed by atoms with Crippen LogP contribution in [0, 0.1) is 0 Å². The number of carboxylic acid groups (broad SMARTS) is 1. The predicted octanol–water partition coefficient (Wildman–Crippen LogP) is 2.12. The standard InChI is InChI=1S/C15H15N3O2S/c16-13(15(19)20)14(18-17)21-12-8-6-11(7-9-12)10-4-2-1-3-5-10/h1-9,18H,16-17H2,(H,19,20)/b14-13+. The van der Waals surface area contributed by atoms with Crippen LogP contribution < -0.4 is 17.0 Å². The van der Waals surface area contributed by atoms with Gasteiger partial charge in [0.05, 0.1) is 0 Å². The highest BCUT2D eigenvalue weighted by Gasteiger charge is 2.11. The number of benzene rings is 2. The lowest BCUT2D eigenvalue weighted by molar-refractivity contribution is -0.132. The summed E-state index contributed by atoms with van der Waals surface area (Å²) < 4.78 is 0. The fraction of sp³-hybridized carbons (Fsp3) is 0. The van der Waals surface area contributed by atoms with Crippen LogP contribution in [-0.2, 0) is 4.79 Å². The van der Waals surface area contributed by atoms with Gasteiger partial charge in [0, 0.05) is 4.90 Å². The van der Waals surface area contributed by atoms with Crippen LogP contribution in [0.1, 0.15) is 0 Å². The summed E-state index contributed by atoms with van der Waals surface area (Å²) in [5.74, 6) is 4.10. The number of aliphatic carboxylic acids is 1. The second-order valence-electron chi connectivity index (χ2n) is 4.18. The Morgan fingerprint density at radius 3 is 2.10 bits per heavy atom. The molecular weight excluding hydrogens is 286 g/mol. The van der Waals surface area contributed by atoms with Crippen LogP contribution in [0.4, 0.5) is 0 Å². The van der Waals surface area contributed by atoms with E-state index in [0.717, 1.165) is 16.0 Å². The topological polar surface area (TPSA) is 101 Å². The highest BCUT2D eigenvalue weighted by atomic mass is 32.2. The van der Waals surface area contributed by atoms with Crippen molar-refractivity contribution < 1.29 is 9.90 Å². The summed E-state index contributed by atoms with van der Waals surface area (Å²) in [7, 11) is 0. The molecule has 0 aliphatic heterocycles. The SMILES string of the molecule is NN/C(Sc1ccc(-c2ccccc2)cc1)=C(\N)C(=O)O. The summed E-state index contributed by atoms with van der Waals surface area (Å²) in [6.45, 7) is 0. The summed E-state index contributed by atoms with van der Waals surface area (Å²) in [5.41, 5.74) is 9.66. The molecule has 0 fully saturated rings. The number of nitrogens with two attached hydrogens (primary N) is 2. The lowest BCUT2D eigenvalue weighted by atomic mass is 10.1. The Morgan fingerprint density at radius 1 is 1.00 bits per heavy atom. The molecule has 0 saturated heterocycles. The molecule has 2 rings (SSSR count). The van der Waals surface area contributed by atoms with Gasteiger partial charge in [-0.2, -0.15) is 0 Å². The largest absolute Gasteiger partial charge is 0.477 e. The Kier molecular flexibility index (Phi) is 4.86. The van der Waals surface area contributed by atoms with Gasteiger partial charge in [0.15, 0.2) is 0 Å². The first-order valence-corrected chi connectivity index (χ1v) is 6.96. The number of hydrazine groups is 1. The van der Waals surface area contributed by atoms with Gasteiger partial charge < -0.3 is 16.3 Å². The summed E-state index contributed by atoms with van der Waals surface area (Å²) in [6.07, 6.45) is 0. The number of hydrogen-bond acceptors (Lipinski definition) is 5. The predicted molar refractivity (Wildman–Crippen MR) is 83.9 cm³/mol. The van der Waals surface area contributed by atoms with E-state index in [4.69, 9.17) is 16.7 Å². The molecule has 0 atom stereocenters. The van der Waals surface area contributed by atoms with E-state index in [9.17, 15) is 4.79 Å². The van der Waals surface area contributed by atoms with Crippen molar-refractivity contribution >= 4 is 17.7 Å². The van der Waals surface area contributed by atoms with Gasteiger partial charge >= 0.3 is 5.97 Å². The van der Waals surface area contributed by atoms with Crippen LogP contribution >= 0.6 is 11.8 Å². The van der Waals surface area contributed by atoms with Crippen LogP contribution in [0.5, 0.6) is 0 Å². The zero-order chi connectivity index (χ0) is 15.2. The molecule has 0 amide bonds. The van der Waals surface area contributed by atoms with Gasteiger partial charge in [0.2, 0.25) is 0 Å². The maximum atomic E-state index is 10.8. The Balaban J connectivity index is 2.20. The van der Waals surface area contributed by atoms with E-state index in [1.165, 1.54) is 11.8 Å². The quantitative estimate of drug-likeness (QED) is 0.292. The van der Waals surface area contributed by atoms with E-state index in [1.807, 2.05) is 54.6 Å². The van der Waals surface area contributed by atoms with Crippen molar-refractivity contribution in [1.82, 2.24) is 5.43 Å². The number of carbonyl (C=O) groups is 1. The molecule has 6 heteroatoms. The van der Waals surface area contributed by atoms with Gasteiger partial charge in [-0.25, -0.2) is 10.6 Å². The van der Waals surface area contributed by atoms with Crippen molar-refractivity contribution in [2.45, 2.75) is 4.90 Å². The van der Waals surface area contributed by atoms with Crippen molar-refractivity contribution in [3.8, 4) is 11.1 Å². The number of hydrogen-bond donors (Lipinski definition) is 4. The molecule has 0 aliphatic carbocycles. The van der Waals surface area contributed by atoms with Gasteiger partial charge in [0.25, 0.3) is 0 Å². The number of nitrogens with one attached hydrogen (secondary N) is 1. The number of rotatable bonds is 5. The summed E-state index contributed by atoms with van der Waals surface area (Å²) in [4.78, 5) is 11.7. The summed E-state index contributed by atoms with van der Waals surface area (Å²) in [5, 5.41) is 9.07. The lowest BCUT2D eigenvalue weighted by Gasteiger charge is -2.09. The van der Waals surface area contributed by atoms with Crippen LogP contribution in [0.15, 0.2) is 70.2 Å². The maximum absolute atomic E-state index is 10.8. The molecular formula is C15H15N3O2S. The molecule has 0 aromatic heterocycles. The number of carboxylic acids is 1. The molecule has 2 aromatic carbocycles. The molecule has 2 aromatic rings. The Bertz CT molecular complexity index is 654. The van der Waals surface area contributed by atoms with Crippen molar-refractivity contribution in [2.75, 3.05) is 0 Å². The van der Waals surface area contributed by atoms with E-state index >= 15 is 0 Å². The van der Waals surface area contributed by atoms with Gasteiger partial charge in [-0.1, -0.05) is 54.2 Å². The fourth-order valence-corrected chi connectivity index (χ4v) is 2.49. The summed E-state index contributed by atoms with van der Waals surface area (Å²) in [6, 6.07) is 17.7. The third kappa shape index (κ3) is 3.77. The van der Waals surface area contributed by atoms with E-state index in [0.29, 0.717) is 0 Å². The first kappa shape index (κ1) is 15.0. The molecule has 0 heterocycles. The van der Waals surface area contributed by atoms with Crippen LogP contribution in [0.3, 0.4) is 0 Å². The second kappa shape index (κ2) is 6.83. The van der Waals surface area contributed by atoms with E-state index < -0.39 is 5.97 Å². The fourth-order valence-electron chi connectivity index (χ4n) is 1.72. The average Bonchev–Trinajstić information content (AvgIpc) is 2.53. The molecule has 108 valence electrons. The molecule has 0 bridgehead atoms. The smallest absolute Gasteiger partial charge is 0.354 e. The normalized spacial score (nSPS) is 11.7. The third-order valence-electron chi connectivity index (χ3n) is 2.79. The third-order valence-corrected chi connectivity index (χ3v) is 3.84. The second-order valence-corrected chi connectivity index (χ2v) is 5.27. The van der Waals surface area contributed by atoms with E-state index in [1.54, 1.807) is 0 Å². The van der Waals surface area contributed by atoms with Gasteiger partial charge in [-0.05, 0) is 23.3 Å². The zero-order valence-electron chi connectivity index (χ0n) is 11.1. The molecule has 6 N–H and O–H groups in total. The van der Waals surface area contributed by atoms with E-state index in [-0.39, 0.29) is 10.7 Å². The highest BCUT2D eigenvalue weighted by molar-refractivity contribution is 8.03. The molecule has 0 aliphatic rings. The molecule has 5 nitrogen and oxygen atoms in total. The van der Waals surface area contributed by atoms with Crippen molar-refractivity contribution in [3.05, 3.63) is 65.3 Å². The van der Waals surface area contributed by atoms with Crippen molar-refractivity contribution in [2.24, 2.45) is 11.6 Å². The van der Waals surface area contributed by atoms with Gasteiger partial charge in [-0.15, -0.1) is 0 Å². The van der Waals surface area contributed by atoms with Gasteiger partial charge in [0.1, 0.15) is 10.7 Å². The van der Waals surface area contributed by atoms with Crippen LogP contribution in [0.2, 0.25) is 0 Å². The first-order valence-electron chi connectivity index (χ1n) is 6.15. The average molecular weight is 301 g/mol. The van der Waals surface area contributed by atoms with E-state index in [2.05, 4.69) is 5.43 Å². The highest BCUT2D eigenvalue weighted by Crippen LogP contribution is 2.28. The Labute approximate surface area is 126 Å². The minimum absolute atomic E-state index is 0.204. The monoisotopic (exact) mass is 301 g/mol. The molecule has 0 spiro atoms. The molecule has 21 heavy (non-hydrogen) atoms. The lowest BCUT2D eigenvalue weighted by Crippen LogP contribution is -2.26. The molecule has 0 saturated carbocycles. The van der Waals surface area contributed by atoms with Crippen LogP contribution in [0.25, 0.3) is 11.1 Å². The zero-order valence-corrected chi connectivity index (χ0v) is 11.9. The minimum Gasteiger partial charge on any atom is -0.477 e. The first-order chi connectivity index (χ1) is 10.1. The minimum atomic E-state index is -1.21. The molecule has 0 unspecified atom stereocenters. The van der Waals surface area contributed by atoms with Crippen molar-refractivity contribution in [1.29, 1.82) is 0 Å². The van der Waals surface area contributed by atoms with Crippen molar-refractivity contribution in [3.63, 3.8) is 0 Å². The maximum Gasteiger partial charge on any atom is 0.354 e. The van der Waals surface area contributed by atoms with Crippen LogP contribution in [-0.4, -0.2) is 11.1 Å². The van der Waals surface area contributed by atoms with Gasteiger partial charge in [-0.3, -0.25) is 0 Å². The summed E-state index contributed by atoms with van der Waals surface area (Å²) >= 11 is 1.17. The Hall–Kier alpha value is -2.44. The molecule has 0 radical (unpaired) electrons.